The zero-order valence-electron chi connectivity index (χ0n) is 16.0. The molecule has 0 N–H and O–H groups in total. The largest absolute Gasteiger partial charge is 0.451 e. The number of carbonyl (C=O) groups excluding carboxylic acids is 2. The van der Waals surface area contributed by atoms with Crippen molar-refractivity contribution in [1.82, 2.24) is 9.88 Å². The van der Waals surface area contributed by atoms with Gasteiger partial charge in [-0.25, -0.2) is 9.78 Å². The van der Waals surface area contributed by atoms with Gasteiger partial charge in [-0.1, -0.05) is 60.7 Å². The van der Waals surface area contributed by atoms with Crippen LogP contribution in [0.1, 0.15) is 28.9 Å². The summed E-state index contributed by atoms with van der Waals surface area (Å²) in [7, 11) is 0. The molecule has 3 aromatic rings. The molecule has 0 atom stereocenters. The number of nitrogens with zero attached hydrogens (tertiary/aromatic N) is 2. The predicted octanol–water partition coefficient (Wildman–Crippen LogP) is 4.65. The topological polar surface area (TPSA) is 59.5 Å². The Hall–Kier alpha value is -2.99. The molecule has 1 aromatic heterocycles. The summed E-state index contributed by atoms with van der Waals surface area (Å²) >= 11 is 1.29. The van der Waals surface area contributed by atoms with Crippen molar-refractivity contribution in [3.8, 4) is 21.8 Å². The second-order valence-corrected chi connectivity index (χ2v) is 7.95. The minimum Gasteiger partial charge on any atom is -0.451 e. The van der Waals surface area contributed by atoms with E-state index in [1.807, 2.05) is 60.7 Å². The fourth-order valence-corrected chi connectivity index (χ4v) is 4.37. The van der Waals surface area contributed by atoms with Gasteiger partial charge in [-0.15, -0.1) is 11.3 Å². The normalized spacial score (nSPS) is 13.9. The summed E-state index contributed by atoms with van der Waals surface area (Å²) in [5.41, 5.74) is 2.38. The van der Waals surface area contributed by atoms with Gasteiger partial charge in [0.1, 0.15) is 9.88 Å². The Kier molecular flexibility index (Phi) is 6.00. The molecule has 2 aromatic carbocycles. The van der Waals surface area contributed by atoms with Gasteiger partial charge in [0, 0.05) is 24.2 Å². The molecule has 0 saturated carbocycles. The SMILES string of the molecule is O=C(OCC(=O)N1CCCCC1)c1sc(-c2ccccc2)nc1-c1ccccc1. The Bertz CT molecular complexity index is 980. The van der Waals surface area contributed by atoms with Gasteiger partial charge in [-0.3, -0.25) is 4.79 Å². The number of benzene rings is 2. The molecule has 1 aliphatic heterocycles. The third-order valence-corrected chi connectivity index (χ3v) is 6.00. The van der Waals surface area contributed by atoms with E-state index in [-0.39, 0.29) is 12.5 Å². The average Bonchev–Trinajstić information content (AvgIpc) is 3.25. The van der Waals surface area contributed by atoms with Crippen LogP contribution in [0, 0.1) is 0 Å². The van der Waals surface area contributed by atoms with Crippen LogP contribution in [0.2, 0.25) is 0 Å². The first-order valence-corrected chi connectivity index (χ1v) is 10.6. The maximum Gasteiger partial charge on any atom is 0.351 e. The summed E-state index contributed by atoms with van der Waals surface area (Å²) < 4.78 is 5.39. The van der Waals surface area contributed by atoms with E-state index < -0.39 is 5.97 Å². The van der Waals surface area contributed by atoms with Crippen molar-refractivity contribution in [2.45, 2.75) is 19.3 Å². The lowest BCUT2D eigenvalue weighted by Gasteiger charge is -2.26. The standard InChI is InChI=1S/C23H22N2O3S/c26-19(25-14-8-3-9-15-25)16-28-23(27)21-20(17-10-4-1-5-11-17)24-22(29-21)18-12-6-2-7-13-18/h1-2,4-7,10-13H,3,8-9,14-16H2. The van der Waals surface area contributed by atoms with Crippen molar-refractivity contribution in [1.29, 1.82) is 0 Å². The van der Waals surface area contributed by atoms with Crippen LogP contribution in [-0.2, 0) is 9.53 Å². The summed E-state index contributed by atoms with van der Waals surface area (Å²) in [5, 5.41) is 0.749. The molecule has 0 spiro atoms. The first-order chi connectivity index (χ1) is 14.2. The minimum atomic E-state index is -0.506. The van der Waals surface area contributed by atoms with Gasteiger partial charge >= 0.3 is 5.97 Å². The minimum absolute atomic E-state index is 0.132. The molecular formula is C23H22N2O3S. The molecule has 0 unspecified atom stereocenters. The van der Waals surface area contributed by atoms with Gasteiger partial charge in [0.2, 0.25) is 0 Å². The second-order valence-electron chi connectivity index (χ2n) is 6.95. The Balaban J connectivity index is 1.57. The number of likely N-dealkylation sites (tertiary alicyclic amines) is 1. The zero-order valence-corrected chi connectivity index (χ0v) is 16.9. The van der Waals surface area contributed by atoms with Gasteiger partial charge in [0.15, 0.2) is 6.61 Å². The quantitative estimate of drug-likeness (QED) is 0.579. The van der Waals surface area contributed by atoms with E-state index in [0.29, 0.717) is 10.6 Å². The number of rotatable bonds is 5. The Morgan fingerprint density at radius 3 is 2.17 bits per heavy atom. The second kappa shape index (κ2) is 9.01. The number of thiazole rings is 1. The van der Waals surface area contributed by atoms with E-state index in [1.54, 1.807) is 4.90 Å². The smallest absolute Gasteiger partial charge is 0.351 e. The van der Waals surface area contributed by atoms with E-state index >= 15 is 0 Å². The number of esters is 1. The van der Waals surface area contributed by atoms with Crippen LogP contribution in [0.15, 0.2) is 60.7 Å². The fraction of sp³-hybridized carbons (Fsp3) is 0.261. The molecule has 0 bridgehead atoms. The van der Waals surface area contributed by atoms with Gasteiger partial charge in [0.25, 0.3) is 5.91 Å². The molecule has 4 rings (SSSR count). The molecule has 148 valence electrons. The Labute approximate surface area is 174 Å². The third-order valence-electron chi connectivity index (χ3n) is 4.92. The van der Waals surface area contributed by atoms with Gasteiger partial charge < -0.3 is 9.64 Å². The Morgan fingerprint density at radius 1 is 0.897 bits per heavy atom. The Morgan fingerprint density at radius 2 is 1.52 bits per heavy atom. The number of hydrogen-bond acceptors (Lipinski definition) is 5. The van der Waals surface area contributed by atoms with Gasteiger partial charge in [-0.2, -0.15) is 0 Å². The molecule has 1 aliphatic rings. The highest BCUT2D eigenvalue weighted by molar-refractivity contribution is 7.17. The summed E-state index contributed by atoms with van der Waals surface area (Å²) in [4.78, 5) is 32.1. The van der Waals surface area contributed by atoms with Crippen LogP contribution in [0.25, 0.3) is 21.8 Å². The molecule has 0 aliphatic carbocycles. The van der Waals surface area contributed by atoms with Crippen molar-refractivity contribution >= 4 is 23.2 Å². The monoisotopic (exact) mass is 406 g/mol. The molecule has 5 nitrogen and oxygen atoms in total. The maximum absolute atomic E-state index is 12.8. The summed E-state index contributed by atoms with van der Waals surface area (Å²) in [6.07, 6.45) is 3.16. The predicted molar refractivity (Wildman–Crippen MR) is 114 cm³/mol. The van der Waals surface area contributed by atoms with Crippen molar-refractivity contribution < 1.29 is 14.3 Å². The van der Waals surface area contributed by atoms with Crippen molar-refractivity contribution in [2.75, 3.05) is 19.7 Å². The van der Waals surface area contributed by atoms with Crippen LogP contribution in [-0.4, -0.2) is 41.5 Å². The van der Waals surface area contributed by atoms with Crippen molar-refractivity contribution in [3.63, 3.8) is 0 Å². The lowest BCUT2D eigenvalue weighted by Crippen LogP contribution is -2.38. The summed E-state index contributed by atoms with van der Waals surface area (Å²) in [5.74, 6) is -0.638. The molecule has 2 heterocycles. The van der Waals surface area contributed by atoms with Crippen LogP contribution in [0.5, 0.6) is 0 Å². The molecule has 0 radical (unpaired) electrons. The van der Waals surface area contributed by atoms with Gasteiger partial charge in [0.05, 0.1) is 5.69 Å². The zero-order chi connectivity index (χ0) is 20.1. The molecule has 1 saturated heterocycles. The van der Waals surface area contributed by atoms with E-state index in [9.17, 15) is 9.59 Å². The highest BCUT2D eigenvalue weighted by atomic mass is 32.1. The number of hydrogen-bond donors (Lipinski definition) is 0. The van der Waals surface area contributed by atoms with Crippen LogP contribution < -0.4 is 0 Å². The highest BCUT2D eigenvalue weighted by Crippen LogP contribution is 2.34. The van der Waals surface area contributed by atoms with E-state index in [1.165, 1.54) is 11.3 Å². The van der Waals surface area contributed by atoms with Crippen LogP contribution >= 0.6 is 11.3 Å². The van der Waals surface area contributed by atoms with E-state index in [2.05, 4.69) is 0 Å². The first kappa shape index (κ1) is 19.3. The lowest BCUT2D eigenvalue weighted by molar-refractivity contribution is -0.135. The van der Waals surface area contributed by atoms with Gasteiger partial charge in [-0.05, 0) is 19.3 Å². The summed E-state index contributed by atoms with van der Waals surface area (Å²) in [6, 6.07) is 19.3. The van der Waals surface area contributed by atoms with Crippen LogP contribution in [0.4, 0.5) is 0 Å². The fourth-order valence-electron chi connectivity index (χ4n) is 3.38. The number of aromatic nitrogens is 1. The third kappa shape index (κ3) is 4.54. The van der Waals surface area contributed by atoms with Crippen molar-refractivity contribution in [2.24, 2.45) is 0 Å². The molecular weight excluding hydrogens is 384 g/mol. The molecule has 1 fully saturated rings. The highest BCUT2D eigenvalue weighted by Gasteiger charge is 2.24. The van der Waals surface area contributed by atoms with E-state index in [4.69, 9.17) is 9.72 Å². The first-order valence-electron chi connectivity index (χ1n) is 9.79. The molecule has 6 heteroatoms. The van der Waals surface area contributed by atoms with E-state index in [0.717, 1.165) is 48.5 Å². The molecule has 29 heavy (non-hydrogen) atoms. The van der Waals surface area contributed by atoms with Crippen molar-refractivity contribution in [3.05, 3.63) is 65.5 Å². The maximum atomic E-state index is 12.8. The number of carbonyl (C=O) groups is 2. The molecule has 1 amide bonds. The summed E-state index contributed by atoms with van der Waals surface area (Å²) in [6.45, 7) is 1.25. The average molecular weight is 407 g/mol. The number of amides is 1. The number of ether oxygens (including phenoxy) is 1. The lowest BCUT2D eigenvalue weighted by atomic mass is 10.1. The van der Waals surface area contributed by atoms with Crippen LogP contribution in [0.3, 0.4) is 0 Å². The number of piperidine rings is 1.